The second kappa shape index (κ2) is 6.82. The van der Waals surface area contributed by atoms with Gasteiger partial charge in [0.05, 0.1) is 11.3 Å². The molecule has 124 valence electrons. The summed E-state index contributed by atoms with van der Waals surface area (Å²) < 4.78 is 27.0. The van der Waals surface area contributed by atoms with Crippen LogP contribution >= 0.6 is 11.3 Å². The van der Waals surface area contributed by atoms with Crippen molar-refractivity contribution in [1.82, 2.24) is 4.72 Å². The number of nitrogens with one attached hydrogen (secondary N) is 2. The fourth-order valence-corrected chi connectivity index (χ4v) is 4.08. The molecule has 2 N–H and O–H groups in total. The molecule has 0 aliphatic carbocycles. The summed E-state index contributed by atoms with van der Waals surface area (Å²) in [4.78, 5) is 13.1. The van der Waals surface area contributed by atoms with Gasteiger partial charge in [0.1, 0.15) is 0 Å². The van der Waals surface area contributed by atoms with Crippen LogP contribution in [0.5, 0.6) is 0 Å². The van der Waals surface area contributed by atoms with Crippen LogP contribution < -0.4 is 10.0 Å². The van der Waals surface area contributed by atoms with Gasteiger partial charge in [-0.1, -0.05) is 6.07 Å². The lowest BCUT2D eigenvalue weighted by molar-refractivity contribution is -0.115. The minimum atomic E-state index is -3.57. The van der Waals surface area contributed by atoms with Crippen LogP contribution in [0.1, 0.15) is 25.6 Å². The Bertz CT molecular complexity index is 759. The lowest BCUT2D eigenvalue weighted by Gasteiger charge is -2.20. The zero-order valence-electron chi connectivity index (χ0n) is 13.3. The number of hydrogen-bond acceptors (Lipinski definition) is 4. The molecule has 5 nitrogen and oxygen atoms in total. The van der Waals surface area contributed by atoms with Crippen LogP contribution in [-0.4, -0.2) is 19.9 Å². The maximum Gasteiger partial charge on any atom is 0.241 e. The first-order valence-corrected chi connectivity index (χ1v) is 9.48. The summed E-state index contributed by atoms with van der Waals surface area (Å²) in [5.41, 5.74) is 0.0214. The fourth-order valence-electron chi connectivity index (χ4n) is 1.96. The van der Waals surface area contributed by atoms with Gasteiger partial charge in [-0.2, -0.15) is 0 Å². The van der Waals surface area contributed by atoms with Crippen molar-refractivity contribution in [3.8, 4) is 0 Å². The highest BCUT2D eigenvalue weighted by molar-refractivity contribution is 7.89. The van der Waals surface area contributed by atoms with Crippen LogP contribution in [0.4, 0.5) is 5.69 Å². The number of anilines is 1. The molecular formula is C16H20N2O3S2. The van der Waals surface area contributed by atoms with Crippen LogP contribution in [-0.2, 0) is 21.2 Å². The van der Waals surface area contributed by atoms with Crippen molar-refractivity contribution in [3.63, 3.8) is 0 Å². The van der Waals surface area contributed by atoms with Crippen LogP contribution in [0, 0.1) is 0 Å². The predicted molar refractivity (Wildman–Crippen MR) is 93.2 cm³/mol. The van der Waals surface area contributed by atoms with Crippen molar-refractivity contribution in [2.45, 2.75) is 37.6 Å². The number of carbonyl (C=O) groups excluding carboxylic acids is 1. The van der Waals surface area contributed by atoms with E-state index in [2.05, 4.69) is 10.0 Å². The Labute approximate surface area is 140 Å². The summed E-state index contributed by atoms with van der Waals surface area (Å²) in [7, 11) is -3.57. The smallest absolute Gasteiger partial charge is 0.241 e. The highest BCUT2D eigenvalue weighted by atomic mass is 32.2. The molecule has 1 aromatic heterocycles. The van der Waals surface area contributed by atoms with Crippen LogP contribution in [0.2, 0.25) is 0 Å². The second-order valence-corrected chi connectivity index (χ2v) is 8.90. The van der Waals surface area contributed by atoms with Gasteiger partial charge in [-0.05, 0) is 56.5 Å². The minimum absolute atomic E-state index is 0.129. The standard InChI is InChI=1S/C16H20N2O3S2/c1-16(2,3)18-23(20,21)14-8-6-12(7-9-14)17-15(19)11-13-5-4-10-22-13/h4-10,18H,11H2,1-3H3,(H,17,19). The van der Waals surface area contributed by atoms with Crippen molar-refractivity contribution in [3.05, 3.63) is 46.7 Å². The zero-order valence-corrected chi connectivity index (χ0v) is 14.9. The van der Waals surface area contributed by atoms with Crippen molar-refractivity contribution in [2.24, 2.45) is 0 Å². The van der Waals surface area contributed by atoms with E-state index in [9.17, 15) is 13.2 Å². The van der Waals surface area contributed by atoms with Crippen molar-refractivity contribution >= 4 is 33.0 Å². The molecule has 2 aromatic rings. The van der Waals surface area contributed by atoms with E-state index in [0.717, 1.165) is 4.88 Å². The average Bonchev–Trinajstić information content (AvgIpc) is 2.89. The lowest BCUT2D eigenvalue weighted by Crippen LogP contribution is -2.40. The number of amides is 1. The van der Waals surface area contributed by atoms with Crippen LogP contribution in [0.3, 0.4) is 0 Å². The first-order chi connectivity index (χ1) is 10.7. The van der Waals surface area contributed by atoms with Gasteiger partial charge >= 0.3 is 0 Å². The highest BCUT2D eigenvalue weighted by Gasteiger charge is 2.21. The molecule has 0 saturated carbocycles. The molecule has 0 aliphatic rings. The van der Waals surface area contributed by atoms with E-state index >= 15 is 0 Å². The first-order valence-electron chi connectivity index (χ1n) is 7.12. The predicted octanol–water partition coefficient (Wildman–Crippen LogP) is 3.01. The molecule has 0 unspecified atom stereocenters. The van der Waals surface area contributed by atoms with Gasteiger partial charge in [0, 0.05) is 16.1 Å². The molecule has 0 bridgehead atoms. The molecule has 23 heavy (non-hydrogen) atoms. The topological polar surface area (TPSA) is 75.3 Å². The summed E-state index contributed by atoms with van der Waals surface area (Å²) in [6.07, 6.45) is 0.309. The summed E-state index contributed by atoms with van der Waals surface area (Å²) in [5, 5.41) is 4.68. The molecule has 1 amide bonds. The number of hydrogen-bond donors (Lipinski definition) is 2. The Morgan fingerprint density at radius 2 is 1.78 bits per heavy atom. The Hall–Kier alpha value is -1.70. The van der Waals surface area contributed by atoms with Gasteiger partial charge < -0.3 is 5.32 Å². The van der Waals surface area contributed by atoms with E-state index in [4.69, 9.17) is 0 Å². The quantitative estimate of drug-likeness (QED) is 0.868. The zero-order chi connectivity index (χ0) is 17.1. The number of sulfonamides is 1. The second-order valence-electron chi connectivity index (χ2n) is 6.18. The highest BCUT2D eigenvalue weighted by Crippen LogP contribution is 2.17. The monoisotopic (exact) mass is 352 g/mol. The van der Waals surface area contributed by atoms with E-state index in [1.54, 1.807) is 32.9 Å². The molecule has 0 fully saturated rings. The maximum atomic E-state index is 12.2. The molecule has 7 heteroatoms. The third kappa shape index (κ3) is 5.46. The number of carbonyl (C=O) groups is 1. The summed E-state index contributed by atoms with van der Waals surface area (Å²) in [5.74, 6) is -0.129. The van der Waals surface area contributed by atoms with Gasteiger partial charge in [0.25, 0.3) is 0 Å². The molecule has 1 heterocycles. The van der Waals surface area contributed by atoms with E-state index in [1.807, 2.05) is 17.5 Å². The first kappa shape index (κ1) is 17.7. The Balaban J connectivity index is 2.03. The Morgan fingerprint density at radius 1 is 1.13 bits per heavy atom. The summed E-state index contributed by atoms with van der Waals surface area (Å²) >= 11 is 1.52. The lowest BCUT2D eigenvalue weighted by atomic mass is 10.1. The third-order valence-corrected chi connectivity index (χ3v) is 5.45. The third-order valence-electron chi connectivity index (χ3n) is 2.80. The normalized spacial score (nSPS) is 12.1. The van der Waals surface area contributed by atoms with E-state index in [-0.39, 0.29) is 10.8 Å². The molecule has 0 saturated heterocycles. The fraction of sp³-hybridized carbons (Fsp3) is 0.312. The summed E-state index contributed by atoms with van der Waals surface area (Å²) in [6.45, 7) is 5.34. The molecule has 2 rings (SSSR count). The number of rotatable bonds is 5. The van der Waals surface area contributed by atoms with Crippen molar-refractivity contribution in [1.29, 1.82) is 0 Å². The average molecular weight is 352 g/mol. The Morgan fingerprint density at radius 3 is 2.30 bits per heavy atom. The molecule has 0 radical (unpaired) electrons. The van der Waals surface area contributed by atoms with Gasteiger partial charge in [-0.25, -0.2) is 13.1 Å². The molecule has 0 aliphatic heterocycles. The number of thiophene rings is 1. The summed E-state index contributed by atoms with van der Waals surface area (Å²) in [6, 6.07) is 9.93. The Kier molecular flexibility index (Phi) is 5.23. The molecule has 0 spiro atoms. The molecule has 1 aromatic carbocycles. The molecule has 0 atom stereocenters. The molecular weight excluding hydrogens is 332 g/mol. The van der Waals surface area contributed by atoms with Crippen LogP contribution in [0.25, 0.3) is 0 Å². The van der Waals surface area contributed by atoms with Gasteiger partial charge in [0.15, 0.2) is 0 Å². The van der Waals surface area contributed by atoms with Gasteiger partial charge in [0.2, 0.25) is 15.9 Å². The van der Waals surface area contributed by atoms with Crippen molar-refractivity contribution < 1.29 is 13.2 Å². The van der Waals surface area contributed by atoms with Crippen LogP contribution in [0.15, 0.2) is 46.7 Å². The largest absolute Gasteiger partial charge is 0.326 e. The number of benzene rings is 1. The van der Waals surface area contributed by atoms with E-state index in [0.29, 0.717) is 12.1 Å². The minimum Gasteiger partial charge on any atom is -0.326 e. The van der Waals surface area contributed by atoms with Gasteiger partial charge in [-0.15, -0.1) is 11.3 Å². The maximum absolute atomic E-state index is 12.2. The van der Waals surface area contributed by atoms with E-state index in [1.165, 1.54) is 23.5 Å². The SMILES string of the molecule is CC(C)(C)NS(=O)(=O)c1ccc(NC(=O)Cc2cccs2)cc1. The van der Waals surface area contributed by atoms with Gasteiger partial charge in [-0.3, -0.25) is 4.79 Å². The van der Waals surface area contributed by atoms with E-state index < -0.39 is 15.6 Å². The van der Waals surface area contributed by atoms with Crippen molar-refractivity contribution in [2.75, 3.05) is 5.32 Å².